The van der Waals surface area contributed by atoms with Crippen LogP contribution in [-0.2, 0) is 17.8 Å². The minimum absolute atomic E-state index is 0.0707. The number of carbonyl (C=O) groups excluding carboxylic acids is 1. The largest absolute Gasteiger partial charge is 0.465 e. The third-order valence-electron chi connectivity index (χ3n) is 4.31. The van der Waals surface area contributed by atoms with E-state index in [1.54, 1.807) is 5.38 Å². The Bertz CT molecular complexity index is 742. The number of anilines is 1. The summed E-state index contributed by atoms with van der Waals surface area (Å²) < 4.78 is 0. The third kappa shape index (κ3) is 5.53. The maximum atomic E-state index is 12.2. The van der Waals surface area contributed by atoms with Gasteiger partial charge in [0.25, 0.3) is 0 Å². The molecular formula is C18H22N4O3S. The highest BCUT2D eigenvalue weighted by Crippen LogP contribution is 2.17. The molecule has 0 aliphatic carbocycles. The van der Waals surface area contributed by atoms with Crippen molar-refractivity contribution in [3.05, 3.63) is 47.0 Å². The molecule has 1 aliphatic rings. The second kappa shape index (κ2) is 8.77. The van der Waals surface area contributed by atoms with E-state index in [1.807, 2.05) is 6.07 Å². The molecule has 0 spiro atoms. The Morgan fingerprint density at radius 3 is 2.65 bits per heavy atom. The highest BCUT2D eigenvalue weighted by Gasteiger charge is 2.21. The van der Waals surface area contributed by atoms with Gasteiger partial charge in [-0.05, 0) is 18.4 Å². The first kappa shape index (κ1) is 18.3. The van der Waals surface area contributed by atoms with Crippen molar-refractivity contribution in [3.63, 3.8) is 0 Å². The number of carbonyl (C=O) groups is 2. The topological polar surface area (TPSA) is 94.6 Å². The van der Waals surface area contributed by atoms with E-state index >= 15 is 0 Å². The summed E-state index contributed by atoms with van der Waals surface area (Å²) in [7, 11) is 0. The first-order valence-corrected chi connectivity index (χ1v) is 9.46. The summed E-state index contributed by atoms with van der Waals surface area (Å²) in [5.74, 6) is -0.0707. The number of nitrogens with one attached hydrogen (secondary N) is 2. The summed E-state index contributed by atoms with van der Waals surface area (Å²) in [5.41, 5.74) is 1.89. The van der Waals surface area contributed by atoms with Crippen LogP contribution in [0.4, 0.5) is 9.93 Å². The molecule has 3 rings (SSSR count). The molecule has 26 heavy (non-hydrogen) atoms. The summed E-state index contributed by atoms with van der Waals surface area (Å²) in [6.45, 7) is 2.87. The Morgan fingerprint density at radius 2 is 1.96 bits per heavy atom. The molecule has 2 amide bonds. The smallest absolute Gasteiger partial charge is 0.410 e. The van der Waals surface area contributed by atoms with Crippen molar-refractivity contribution < 1.29 is 14.7 Å². The van der Waals surface area contributed by atoms with Gasteiger partial charge in [0.1, 0.15) is 0 Å². The van der Waals surface area contributed by atoms with Gasteiger partial charge in [-0.15, -0.1) is 11.3 Å². The molecule has 0 saturated carbocycles. The number of carboxylic acid groups (broad SMARTS) is 1. The van der Waals surface area contributed by atoms with Gasteiger partial charge in [0.05, 0.1) is 12.1 Å². The van der Waals surface area contributed by atoms with E-state index in [0.717, 1.165) is 32.5 Å². The molecule has 8 heteroatoms. The van der Waals surface area contributed by atoms with Crippen LogP contribution in [0.15, 0.2) is 35.7 Å². The summed E-state index contributed by atoms with van der Waals surface area (Å²) in [4.78, 5) is 29.3. The van der Waals surface area contributed by atoms with Crippen LogP contribution in [0, 0.1) is 0 Å². The second-order valence-corrected chi connectivity index (χ2v) is 7.21. The molecule has 1 aromatic heterocycles. The fourth-order valence-electron chi connectivity index (χ4n) is 3.06. The van der Waals surface area contributed by atoms with E-state index in [1.165, 1.54) is 16.9 Å². The predicted molar refractivity (Wildman–Crippen MR) is 100 cm³/mol. The molecule has 3 N–H and O–H groups in total. The number of piperidine rings is 1. The molecule has 0 radical (unpaired) electrons. The van der Waals surface area contributed by atoms with Gasteiger partial charge in [-0.2, -0.15) is 0 Å². The van der Waals surface area contributed by atoms with Gasteiger partial charge in [-0.25, -0.2) is 9.78 Å². The van der Waals surface area contributed by atoms with E-state index in [0.29, 0.717) is 5.69 Å². The minimum Gasteiger partial charge on any atom is -0.465 e. The molecule has 2 heterocycles. The van der Waals surface area contributed by atoms with Gasteiger partial charge in [-0.3, -0.25) is 15.0 Å². The number of likely N-dealkylation sites (tertiary alicyclic amines) is 1. The van der Waals surface area contributed by atoms with Crippen LogP contribution >= 0.6 is 11.3 Å². The van der Waals surface area contributed by atoms with Crippen molar-refractivity contribution in [1.29, 1.82) is 0 Å². The van der Waals surface area contributed by atoms with Gasteiger partial charge >= 0.3 is 6.09 Å². The van der Waals surface area contributed by atoms with Crippen LogP contribution in [0.25, 0.3) is 0 Å². The number of benzene rings is 1. The highest BCUT2D eigenvalue weighted by molar-refractivity contribution is 7.13. The summed E-state index contributed by atoms with van der Waals surface area (Å²) in [6, 6.07) is 10.6. The molecule has 1 aliphatic heterocycles. The number of amides is 2. The summed E-state index contributed by atoms with van der Waals surface area (Å²) >= 11 is 1.18. The number of nitrogens with zero attached hydrogens (tertiary/aromatic N) is 2. The van der Waals surface area contributed by atoms with Crippen LogP contribution < -0.4 is 10.6 Å². The Morgan fingerprint density at radius 1 is 1.23 bits per heavy atom. The lowest BCUT2D eigenvalue weighted by atomic mass is 10.0. The molecule has 2 aromatic rings. The SMILES string of the molecule is O=C(O)Nc1nc(CC(=O)NC2CCN(Cc3ccccc3)CC2)cs1. The first-order chi connectivity index (χ1) is 12.6. The highest BCUT2D eigenvalue weighted by atomic mass is 32.1. The van der Waals surface area contributed by atoms with Crippen molar-refractivity contribution >= 4 is 28.5 Å². The normalized spacial score (nSPS) is 15.5. The van der Waals surface area contributed by atoms with Crippen LogP contribution in [0.5, 0.6) is 0 Å². The van der Waals surface area contributed by atoms with Gasteiger partial charge in [0.2, 0.25) is 5.91 Å². The zero-order chi connectivity index (χ0) is 18.4. The lowest BCUT2D eigenvalue weighted by Crippen LogP contribution is -2.44. The first-order valence-electron chi connectivity index (χ1n) is 8.58. The Kier molecular flexibility index (Phi) is 6.19. The van der Waals surface area contributed by atoms with Crippen LogP contribution in [0.1, 0.15) is 24.1 Å². The monoisotopic (exact) mass is 374 g/mol. The van der Waals surface area contributed by atoms with E-state index in [2.05, 4.69) is 44.8 Å². The van der Waals surface area contributed by atoms with E-state index < -0.39 is 6.09 Å². The van der Waals surface area contributed by atoms with Crippen molar-refractivity contribution in [3.8, 4) is 0 Å². The zero-order valence-electron chi connectivity index (χ0n) is 14.4. The van der Waals surface area contributed by atoms with E-state index in [4.69, 9.17) is 5.11 Å². The zero-order valence-corrected chi connectivity index (χ0v) is 15.2. The lowest BCUT2D eigenvalue weighted by Gasteiger charge is -2.32. The molecule has 1 aromatic carbocycles. The molecule has 0 bridgehead atoms. The Balaban J connectivity index is 1.40. The minimum atomic E-state index is -1.15. The van der Waals surface area contributed by atoms with Crippen molar-refractivity contribution in [2.45, 2.75) is 31.8 Å². The standard InChI is InChI=1S/C18H22N4O3S/c23-16(10-15-12-26-17(20-15)21-18(24)25)19-14-6-8-22(9-7-14)11-13-4-2-1-3-5-13/h1-5,12,14H,6-11H2,(H,19,23)(H,20,21)(H,24,25). The average Bonchev–Trinajstić information content (AvgIpc) is 3.03. The molecule has 7 nitrogen and oxygen atoms in total. The number of hydrogen-bond donors (Lipinski definition) is 3. The van der Waals surface area contributed by atoms with Gasteiger partial charge in [0, 0.05) is 31.1 Å². The summed E-state index contributed by atoms with van der Waals surface area (Å²) in [5, 5.41) is 15.9. The molecule has 0 atom stereocenters. The Labute approximate surface area is 156 Å². The quantitative estimate of drug-likeness (QED) is 0.722. The van der Waals surface area contributed by atoms with E-state index in [9.17, 15) is 9.59 Å². The number of thiazole rings is 1. The van der Waals surface area contributed by atoms with Crippen molar-refractivity contribution in [2.75, 3.05) is 18.4 Å². The van der Waals surface area contributed by atoms with Gasteiger partial charge in [-0.1, -0.05) is 30.3 Å². The van der Waals surface area contributed by atoms with Crippen LogP contribution in [0.3, 0.4) is 0 Å². The van der Waals surface area contributed by atoms with Gasteiger partial charge in [0.15, 0.2) is 5.13 Å². The van der Waals surface area contributed by atoms with Crippen molar-refractivity contribution in [1.82, 2.24) is 15.2 Å². The molecule has 1 saturated heterocycles. The van der Waals surface area contributed by atoms with E-state index in [-0.39, 0.29) is 23.5 Å². The van der Waals surface area contributed by atoms with Crippen LogP contribution in [-0.4, -0.2) is 46.1 Å². The maximum absolute atomic E-state index is 12.2. The molecule has 138 valence electrons. The van der Waals surface area contributed by atoms with Gasteiger partial charge < -0.3 is 10.4 Å². The fourth-order valence-corrected chi connectivity index (χ4v) is 3.76. The fraction of sp³-hybridized carbons (Fsp3) is 0.389. The number of aromatic nitrogens is 1. The molecule has 0 unspecified atom stereocenters. The number of hydrogen-bond acceptors (Lipinski definition) is 5. The van der Waals surface area contributed by atoms with Crippen LogP contribution in [0.2, 0.25) is 0 Å². The molecule has 1 fully saturated rings. The molecular weight excluding hydrogens is 352 g/mol. The predicted octanol–water partition coefficient (Wildman–Crippen LogP) is 2.56. The summed E-state index contributed by atoms with van der Waals surface area (Å²) in [6.07, 6.45) is 0.878. The second-order valence-electron chi connectivity index (χ2n) is 6.35. The lowest BCUT2D eigenvalue weighted by molar-refractivity contribution is -0.121. The number of rotatable bonds is 6. The average molecular weight is 374 g/mol. The van der Waals surface area contributed by atoms with Crippen molar-refractivity contribution in [2.24, 2.45) is 0 Å². The third-order valence-corrected chi connectivity index (χ3v) is 5.12. The maximum Gasteiger partial charge on any atom is 0.410 e. The Hall–Kier alpha value is -2.45.